The number of hydrogen-bond acceptors (Lipinski definition) is 8. The van der Waals surface area contributed by atoms with Gasteiger partial charge in [-0.3, -0.25) is 9.69 Å². The monoisotopic (exact) mass is 762 g/mol. The number of quaternary nitrogens is 1. The second-order valence-electron chi connectivity index (χ2n) is 14.6. The van der Waals surface area contributed by atoms with Crippen molar-refractivity contribution in [2.75, 3.05) is 40.3 Å². The number of cyclic esters (lactones) is 1. The molecule has 0 aromatic heterocycles. The summed E-state index contributed by atoms with van der Waals surface area (Å²) in [6, 6.07) is 0. The van der Waals surface area contributed by atoms with Gasteiger partial charge in [0.2, 0.25) is 0 Å². The molecule has 3 heterocycles. The highest BCUT2D eigenvalue weighted by Gasteiger charge is 2.45. The Labute approximate surface area is 293 Å². The molecule has 0 radical (unpaired) electrons. The number of piperazine rings is 1. The van der Waals surface area contributed by atoms with Crippen LogP contribution in [0.25, 0.3) is 0 Å². The molecule has 0 spiro atoms. The normalized spacial score (nSPS) is 35.1. The van der Waals surface area contributed by atoms with E-state index < -0.39 is 36.0 Å². The van der Waals surface area contributed by atoms with Crippen LogP contribution in [0.3, 0.4) is 0 Å². The highest BCUT2D eigenvalue weighted by Crippen LogP contribution is 2.36. The summed E-state index contributed by atoms with van der Waals surface area (Å²) in [5, 5.41) is 32.1. The predicted molar refractivity (Wildman–Crippen MR) is 173 cm³/mol. The molecule has 0 aromatic rings. The number of nitrogens with zero attached hydrogens (tertiary/aromatic N) is 2. The van der Waals surface area contributed by atoms with Gasteiger partial charge in [0.15, 0.2) is 6.10 Å². The lowest BCUT2D eigenvalue weighted by molar-refractivity contribution is -0.894. The smallest absolute Gasteiger partial charge is 0.410 e. The number of carbonyl (C=O) groups excluding carboxylic acids is 2. The van der Waals surface area contributed by atoms with Crippen LogP contribution in [0.1, 0.15) is 73.6 Å². The van der Waals surface area contributed by atoms with Crippen LogP contribution in [0.4, 0.5) is 4.79 Å². The van der Waals surface area contributed by atoms with Crippen molar-refractivity contribution < 1.29 is 67.6 Å². The number of rotatable bonds is 9. The molecule has 0 aromatic carbocycles. The summed E-state index contributed by atoms with van der Waals surface area (Å²) in [7, 11) is 4.26. The van der Waals surface area contributed by atoms with Crippen molar-refractivity contribution in [3.05, 3.63) is 36.0 Å². The highest BCUT2D eigenvalue weighted by atomic mass is 127. The highest BCUT2D eigenvalue weighted by molar-refractivity contribution is 5.70. The third-order valence-corrected chi connectivity index (χ3v) is 9.78. The number of hydrogen-bond donors (Lipinski definition) is 3. The summed E-state index contributed by atoms with van der Waals surface area (Å²) in [5.74, 6) is -0.438. The van der Waals surface area contributed by atoms with E-state index in [2.05, 4.69) is 27.1 Å². The van der Waals surface area contributed by atoms with Gasteiger partial charge in [-0.1, -0.05) is 52.0 Å². The molecule has 11 heteroatoms. The molecular weight excluding hydrogens is 703 g/mol. The van der Waals surface area contributed by atoms with Gasteiger partial charge in [0.25, 0.3) is 0 Å². The number of halogens is 1. The molecular formula is C35H59IN2O8. The predicted octanol–water partition coefficient (Wildman–Crippen LogP) is 0.991. The third kappa shape index (κ3) is 12.2. The van der Waals surface area contributed by atoms with E-state index in [1.165, 1.54) is 0 Å². The second kappa shape index (κ2) is 17.8. The largest absolute Gasteiger partial charge is 1.00 e. The molecule has 0 saturated carbocycles. The van der Waals surface area contributed by atoms with Crippen molar-refractivity contribution in [3.63, 3.8) is 0 Å². The maximum Gasteiger partial charge on any atom is 0.410 e. The Morgan fingerprint density at radius 3 is 2.52 bits per heavy atom. The molecule has 0 aliphatic carbocycles. The van der Waals surface area contributed by atoms with Gasteiger partial charge in [-0.05, 0) is 57.1 Å². The lowest BCUT2D eigenvalue weighted by Crippen LogP contribution is -3.00. The van der Waals surface area contributed by atoms with Crippen molar-refractivity contribution in [2.45, 2.75) is 116 Å². The summed E-state index contributed by atoms with van der Waals surface area (Å²) >= 11 is 0. The molecule has 10 nitrogen and oxygen atoms in total. The lowest BCUT2D eigenvalue weighted by atomic mass is 9.88. The van der Waals surface area contributed by atoms with E-state index in [0.717, 1.165) is 29.6 Å². The molecule has 3 rings (SSSR count). The minimum absolute atomic E-state index is 0. The number of aliphatic hydroxyl groups is 3. The molecule has 264 valence electrons. The minimum Gasteiger partial charge on any atom is -1.00 e. The van der Waals surface area contributed by atoms with E-state index in [9.17, 15) is 24.9 Å². The van der Waals surface area contributed by atoms with Crippen LogP contribution in [0, 0.1) is 17.8 Å². The molecule has 3 aliphatic rings. The summed E-state index contributed by atoms with van der Waals surface area (Å²) < 4.78 is 18.4. The van der Waals surface area contributed by atoms with Crippen LogP contribution < -0.4 is 24.0 Å². The molecule has 0 bridgehead atoms. The fourth-order valence-electron chi connectivity index (χ4n) is 6.16. The van der Waals surface area contributed by atoms with E-state index in [1.54, 1.807) is 17.9 Å². The standard InChI is InChI=1S/C35H59N2O8.HI/c1-9-28(39)26(5)33-29(43-33)21-23(2)11-10-12-24(3)32-25(4)13-14-30(35(6,42)16-15-27(38)22-31(40)45-32)44-34(41)36-17-19-37(7,8)20-18-36;/h10-14,23,25-30,32-33,38-39,42H,9,15-22H2,1-8H3;1H/q+1;/p-1/b11-10+,14-13+,24-12+;/t23-,25+,26-,27-,28+,29-,30+,32-,33-,35-;/m1./s1. The number of esters is 1. The molecule has 1 amide bonds. The second-order valence-corrected chi connectivity index (χ2v) is 14.6. The number of amides is 1. The van der Waals surface area contributed by atoms with Crippen LogP contribution in [-0.4, -0.2) is 119 Å². The van der Waals surface area contributed by atoms with Crippen molar-refractivity contribution in [3.8, 4) is 0 Å². The number of allylic oxidation sites excluding steroid dienone is 3. The van der Waals surface area contributed by atoms with Gasteiger partial charge in [-0.15, -0.1) is 0 Å². The van der Waals surface area contributed by atoms with Crippen molar-refractivity contribution in [1.29, 1.82) is 0 Å². The quantitative estimate of drug-likeness (QED) is 0.0794. The maximum absolute atomic E-state index is 13.1. The average Bonchev–Trinajstić information content (AvgIpc) is 3.73. The molecule has 0 unspecified atom stereocenters. The van der Waals surface area contributed by atoms with Gasteiger partial charge in [0.05, 0.1) is 71.1 Å². The van der Waals surface area contributed by atoms with Gasteiger partial charge in [0, 0.05) is 11.8 Å². The van der Waals surface area contributed by atoms with Gasteiger partial charge < -0.3 is 58.0 Å². The SMILES string of the molecule is CC[C@H](O)[C@@H](C)[C@H]1O[C@@H]1C[C@H](C)/C=C/C=C(\C)[C@H]1OC(=O)C[C@H](O)CC[C@@](C)(O)[C@@H](OC(=O)N2CC[N+](C)(C)CC2)/C=C/[C@@H]1C.[I-]. The fraction of sp³-hybridized carbons (Fsp3) is 0.771. The fourth-order valence-corrected chi connectivity index (χ4v) is 6.16. The van der Waals surface area contributed by atoms with Crippen LogP contribution >= 0.6 is 0 Å². The number of epoxide rings is 1. The van der Waals surface area contributed by atoms with Crippen LogP contribution in [0.2, 0.25) is 0 Å². The van der Waals surface area contributed by atoms with E-state index in [1.807, 2.05) is 45.9 Å². The lowest BCUT2D eigenvalue weighted by Gasteiger charge is -2.39. The Balaban J connectivity index is 0.00000736. The Kier molecular flexibility index (Phi) is 15.7. The summed E-state index contributed by atoms with van der Waals surface area (Å²) in [4.78, 5) is 27.6. The van der Waals surface area contributed by atoms with E-state index >= 15 is 0 Å². The minimum atomic E-state index is -1.45. The Hall–Kier alpha value is -1.51. The number of ether oxygens (including phenoxy) is 3. The Morgan fingerprint density at radius 1 is 1.24 bits per heavy atom. The summed E-state index contributed by atoms with van der Waals surface area (Å²) in [6.07, 6.45) is 8.05. The molecule has 3 N–H and O–H groups in total. The molecule has 46 heavy (non-hydrogen) atoms. The van der Waals surface area contributed by atoms with Gasteiger partial charge in [0.1, 0.15) is 11.7 Å². The Morgan fingerprint density at radius 2 is 1.89 bits per heavy atom. The van der Waals surface area contributed by atoms with Crippen LogP contribution in [0.15, 0.2) is 36.0 Å². The van der Waals surface area contributed by atoms with Gasteiger partial charge >= 0.3 is 12.1 Å². The van der Waals surface area contributed by atoms with Crippen molar-refractivity contribution >= 4 is 12.1 Å². The van der Waals surface area contributed by atoms with Crippen molar-refractivity contribution in [2.24, 2.45) is 17.8 Å². The molecule has 10 atom stereocenters. The first-order valence-corrected chi connectivity index (χ1v) is 16.8. The zero-order chi connectivity index (χ0) is 33.5. The van der Waals surface area contributed by atoms with Crippen molar-refractivity contribution in [1.82, 2.24) is 4.90 Å². The topological polar surface area (TPSA) is 129 Å². The van der Waals surface area contributed by atoms with Crippen LogP contribution in [0.5, 0.6) is 0 Å². The summed E-state index contributed by atoms with van der Waals surface area (Å²) in [5.41, 5.74) is -0.623. The summed E-state index contributed by atoms with van der Waals surface area (Å²) in [6.45, 7) is 14.3. The first-order chi connectivity index (χ1) is 21.0. The van der Waals surface area contributed by atoms with Gasteiger partial charge in [-0.25, -0.2) is 4.79 Å². The Bertz CT molecular complexity index is 1080. The van der Waals surface area contributed by atoms with E-state index in [0.29, 0.717) is 19.5 Å². The first-order valence-electron chi connectivity index (χ1n) is 16.8. The maximum atomic E-state index is 13.1. The number of aliphatic hydroxyl groups excluding tert-OH is 2. The molecule has 2 fully saturated rings. The van der Waals surface area contributed by atoms with Crippen LogP contribution in [-0.2, 0) is 19.0 Å². The van der Waals surface area contributed by atoms with E-state index in [4.69, 9.17) is 14.2 Å². The average molecular weight is 763 g/mol. The number of carbonyl (C=O) groups is 2. The molecule has 2 saturated heterocycles. The van der Waals surface area contributed by atoms with Gasteiger partial charge in [-0.2, -0.15) is 0 Å². The molecule has 3 aliphatic heterocycles. The zero-order valence-corrected chi connectivity index (χ0v) is 31.3. The number of likely N-dealkylation sites (N-methyl/N-ethyl adjacent to an activating group) is 1. The third-order valence-electron chi connectivity index (χ3n) is 9.78. The zero-order valence-electron chi connectivity index (χ0n) is 29.1. The first kappa shape index (κ1) is 40.7. The van der Waals surface area contributed by atoms with E-state index in [-0.39, 0.29) is 79.3 Å².